The maximum atomic E-state index is 10.7. The third kappa shape index (κ3) is 1.86. The number of carboxylic acid groups (broad SMARTS) is 1. The number of hydrogen-bond donors (Lipinski definition) is 1. The molecule has 0 atom stereocenters. The molecule has 2 aromatic heterocycles. The Labute approximate surface area is 96.7 Å². The van der Waals surface area contributed by atoms with E-state index in [9.17, 15) is 4.79 Å². The summed E-state index contributed by atoms with van der Waals surface area (Å²) in [6, 6.07) is 3.12. The van der Waals surface area contributed by atoms with Crippen LogP contribution in [0.5, 0.6) is 0 Å². The van der Waals surface area contributed by atoms with Crippen molar-refractivity contribution in [3.63, 3.8) is 0 Å². The van der Waals surface area contributed by atoms with Crippen LogP contribution in [0, 0.1) is 0 Å². The van der Waals surface area contributed by atoms with Crippen LogP contribution in [0.1, 0.15) is 29.5 Å². The van der Waals surface area contributed by atoms with Crippen molar-refractivity contribution in [1.82, 2.24) is 14.6 Å². The zero-order valence-electron chi connectivity index (χ0n) is 8.64. The Morgan fingerprint density at radius 3 is 2.94 bits per heavy atom. The van der Waals surface area contributed by atoms with Gasteiger partial charge in [0, 0.05) is 11.8 Å². The number of fused-ring (bicyclic) bond motifs is 1. The number of aromatic carboxylic acids is 1. The molecular weight excluding hydrogens is 230 g/mol. The molecule has 0 fully saturated rings. The lowest BCUT2D eigenvalue weighted by Crippen LogP contribution is -1.99. The highest BCUT2D eigenvalue weighted by atomic mass is 35.5. The summed E-state index contributed by atoms with van der Waals surface area (Å²) in [7, 11) is 0. The van der Waals surface area contributed by atoms with Gasteiger partial charge in [-0.1, -0.05) is 24.9 Å². The van der Waals surface area contributed by atoms with Crippen LogP contribution in [0.4, 0.5) is 0 Å². The van der Waals surface area contributed by atoms with E-state index in [4.69, 9.17) is 16.7 Å². The van der Waals surface area contributed by atoms with Crippen molar-refractivity contribution in [2.24, 2.45) is 0 Å². The Morgan fingerprint density at radius 2 is 2.31 bits per heavy atom. The van der Waals surface area contributed by atoms with Gasteiger partial charge in [0.1, 0.15) is 5.15 Å². The standard InChI is InChI=1S/C10H10ClN3O2/c1-2-3-6-4-8(11)14-9(12-6)5-7(13-14)10(15)16/h4-5H,2-3H2,1H3,(H,15,16). The molecule has 2 heterocycles. The summed E-state index contributed by atoms with van der Waals surface area (Å²) in [5, 5.41) is 13.0. The molecule has 0 aromatic carbocycles. The maximum Gasteiger partial charge on any atom is 0.356 e. The molecule has 84 valence electrons. The molecule has 0 radical (unpaired) electrons. The average Bonchev–Trinajstić information content (AvgIpc) is 2.62. The highest BCUT2D eigenvalue weighted by Crippen LogP contribution is 2.15. The zero-order chi connectivity index (χ0) is 11.7. The molecular formula is C10H10ClN3O2. The maximum absolute atomic E-state index is 10.7. The van der Waals surface area contributed by atoms with Crippen molar-refractivity contribution < 1.29 is 9.90 Å². The molecule has 0 unspecified atom stereocenters. The smallest absolute Gasteiger partial charge is 0.356 e. The van der Waals surface area contributed by atoms with E-state index in [0.29, 0.717) is 10.8 Å². The lowest BCUT2D eigenvalue weighted by molar-refractivity contribution is 0.0690. The molecule has 6 heteroatoms. The highest BCUT2D eigenvalue weighted by Gasteiger charge is 2.12. The van der Waals surface area contributed by atoms with Crippen LogP contribution in [-0.4, -0.2) is 25.7 Å². The van der Waals surface area contributed by atoms with E-state index in [0.717, 1.165) is 18.5 Å². The minimum atomic E-state index is -1.08. The SMILES string of the molecule is CCCc1cc(Cl)n2nc(C(=O)O)cc2n1. The summed E-state index contributed by atoms with van der Waals surface area (Å²) in [5.74, 6) is -1.08. The van der Waals surface area contributed by atoms with Crippen LogP contribution in [-0.2, 0) is 6.42 Å². The number of carbonyl (C=O) groups is 1. The molecule has 2 aromatic rings. The molecule has 2 rings (SSSR count). The topological polar surface area (TPSA) is 67.5 Å². The number of nitrogens with zero attached hydrogens (tertiary/aromatic N) is 3. The Hall–Kier alpha value is -1.62. The minimum absolute atomic E-state index is 0.0527. The van der Waals surface area contributed by atoms with Crippen molar-refractivity contribution in [2.75, 3.05) is 0 Å². The van der Waals surface area contributed by atoms with Crippen molar-refractivity contribution in [2.45, 2.75) is 19.8 Å². The van der Waals surface area contributed by atoms with E-state index in [-0.39, 0.29) is 5.69 Å². The predicted molar refractivity (Wildman–Crippen MR) is 59.0 cm³/mol. The van der Waals surface area contributed by atoms with Crippen LogP contribution in [0.2, 0.25) is 5.15 Å². The van der Waals surface area contributed by atoms with Crippen molar-refractivity contribution >= 4 is 23.2 Å². The molecule has 0 spiro atoms. The third-order valence-corrected chi connectivity index (χ3v) is 2.43. The summed E-state index contributed by atoms with van der Waals surface area (Å²) >= 11 is 5.98. The summed E-state index contributed by atoms with van der Waals surface area (Å²) in [5.41, 5.74) is 1.26. The lowest BCUT2D eigenvalue weighted by Gasteiger charge is -2.00. The molecule has 0 aliphatic rings. The van der Waals surface area contributed by atoms with Gasteiger partial charge in [0.2, 0.25) is 0 Å². The number of aryl methyl sites for hydroxylation is 1. The Morgan fingerprint density at radius 1 is 1.56 bits per heavy atom. The largest absolute Gasteiger partial charge is 0.476 e. The molecule has 0 saturated carbocycles. The van der Waals surface area contributed by atoms with Crippen LogP contribution in [0.3, 0.4) is 0 Å². The second-order valence-electron chi connectivity index (χ2n) is 3.42. The van der Waals surface area contributed by atoms with Crippen LogP contribution in [0.15, 0.2) is 12.1 Å². The molecule has 0 saturated heterocycles. The normalized spacial score (nSPS) is 10.9. The quantitative estimate of drug-likeness (QED) is 0.833. The first-order valence-corrected chi connectivity index (χ1v) is 5.28. The lowest BCUT2D eigenvalue weighted by atomic mass is 10.2. The summed E-state index contributed by atoms with van der Waals surface area (Å²) in [4.78, 5) is 15.0. The molecule has 0 aliphatic heterocycles. The monoisotopic (exact) mass is 239 g/mol. The Bertz CT molecular complexity index is 550. The summed E-state index contributed by atoms with van der Waals surface area (Å²) in [6.07, 6.45) is 1.77. The average molecular weight is 240 g/mol. The fraction of sp³-hybridized carbons (Fsp3) is 0.300. The fourth-order valence-electron chi connectivity index (χ4n) is 1.47. The van der Waals surface area contributed by atoms with Gasteiger partial charge in [-0.2, -0.15) is 5.10 Å². The van der Waals surface area contributed by atoms with E-state index in [1.807, 2.05) is 6.92 Å². The van der Waals surface area contributed by atoms with Gasteiger partial charge in [0.15, 0.2) is 11.3 Å². The molecule has 1 N–H and O–H groups in total. The highest BCUT2D eigenvalue weighted by molar-refractivity contribution is 6.29. The van der Waals surface area contributed by atoms with Gasteiger partial charge in [-0.3, -0.25) is 0 Å². The van der Waals surface area contributed by atoms with Crippen molar-refractivity contribution in [1.29, 1.82) is 0 Å². The van der Waals surface area contributed by atoms with Gasteiger partial charge < -0.3 is 5.11 Å². The zero-order valence-corrected chi connectivity index (χ0v) is 9.40. The first-order valence-electron chi connectivity index (χ1n) is 4.90. The first kappa shape index (κ1) is 10.9. The van der Waals surface area contributed by atoms with E-state index in [1.165, 1.54) is 10.6 Å². The van der Waals surface area contributed by atoms with Crippen LogP contribution >= 0.6 is 11.6 Å². The molecule has 0 bridgehead atoms. The van der Waals surface area contributed by atoms with Crippen LogP contribution in [0.25, 0.3) is 5.65 Å². The second kappa shape index (κ2) is 4.09. The van der Waals surface area contributed by atoms with Gasteiger partial charge in [0.05, 0.1) is 0 Å². The summed E-state index contributed by atoms with van der Waals surface area (Å²) in [6.45, 7) is 2.04. The van der Waals surface area contributed by atoms with Gasteiger partial charge in [-0.25, -0.2) is 14.3 Å². The Kier molecular flexibility index (Phi) is 2.78. The summed E-state index contributed by atoms with van der Waals surface area (Å²) < 4.78 is 1.32. The van der Waals surface area contributed by atoms with Crippen LogP contribution < -0.4 is 0 Å². The number of aromatic nitrogens is 3. The number of rotatable bonds is 3. The molecule has 5 nitrogen and oxygen atoms in total. The van der Waals surface area contributed by atoms with Gasteiger partial charge in [-0.05, 0) is 12.5 Å². The number of halogens is 1. The van der Waals surface area contributed by atoms with Crippen molar-refractivity contribution in [3.05, 3.63) is 28.7 Å². The minimum Gasteiger partial charge on any atom is -0.476 e. The second-order valence-corrected chi connectivity index (χ2v) is 3.81. The Balaban J connectivity index is 2.58. The molecule has 0 aliphatic carbocycles. The van der Waals surface area contributed by atoms with Gasteiger partial charge in [-0.15, -0.1) is 0 Å². The van der Waals surface area contributed by atoms with Gasteiger partial charge in [0.25, 0.3) is 0 Å². The number of hydrogen-bond acceptors (Lipinski definition) is 3. The van der Waals surface area contributed by atoms with E-state index >= 15 is 0 Å². The number of carboxylic acids is 1. The van der Waals surface area contributed by atoms with Crippen molar-refractivity contribution in [3.8, 4) is 0 Å². The third-order valence-electron chi connectivity index (χ3n) is 2.16. The molecule has 0 amide bonds. The first-order chi connectivity index (χ1) is 7.61. The van der Waals surface area contributed by atoms with Gasteiger partial charge >= 0.3 is 5.97 Å². The van der Waals surface area contributed by atoms with E-state index in [2.05, 4.69) is 10.1 Å². The van der Waals surface area contributed by atoms with E-state index < -0.39 is 5.97 Å². The fourth-order valence-corrected chi connectivity index (χ4v) is 1.73. The van der Waals surface area contributed by atoms with E-state index in [1.54, 1.807) is 6.07 Å². The molecule has 16 heavy (non-hydrogen) atoms. The predicted octanol–water partition coefficient (Wildman–Crippen LogP) is 2.03.